The van der Waals surface area contributed by atoms with Crippen LogP contribution < -0.4 is 0 Å². The third-order valence-corrected chi connectivity index (χ3v) is 3.55. The van der Waals surface area contributed by atoms with Gasteiger partial charge >= 0.3 is 0 Å². The molecule has 0 amide bonds. The molecule has 1 aliphatic rings. The van der Waals surface area contributed by atoms with Crippen LogP contribution in [0.1, 0.15) is 43.1 Å². The van der Waals surface area contributed by atoms with Gasteiger partial charge in [-0.1, -0.05) is 38.8 Å². The Balaban J connectivity index is 2.15. The Morgan fingerprint density at radius 1 is 1.41 bits per heavy atom. The lowest BCUT2D eigenvalue weighted by Crippen LogP contribution is -2.13. The quantitative estimate of drug-likeness (QED) is 0.557. The van der Waals surface area contributed by atoms with Crippen molar-refractivity contribution in [1.82, 2.24) is 0 Å². The van der Waals surface area contributed by atoms with Crippen molar-refractivity contribution in [3.8, 4) is 12.3 Å². The van der Waals surface area contributed by atoms with E-state index in [0.717, 1.165) is 17.5 Å². The van der Waals surface area contributed by atoms with Crippen LogP contribution in [0.4, 0.5) is 0 Å². The van der Waals surface area contributed by atoms with Crippen molar-refractivity contribution >= 4 is 5.78 Å². The van der Waals surface area contributed by atoms with Crippen LogP contribution in [0.5, 0.6) is 0 Å². The fourth-order valence-corrected chi connectivity index (χ4v) is 2.42. The van der Waals surface area contributed by atoms with Gasteiger partial charge < -0.3 is 0 Å². The molecule has 17 heavy (non-hydrogen) atoms. The summed E-state index contributed by atoms with van der Waals surface area (Å²) in [6.45, 7) is 6.59. The highest BCUT2D eigenvalue weighted by atomic mass is 16.1. The van der Waals surface area contributed by atoms with E-state index < -0.39 is 0 Å². The van der Waals surface area contributed by atoms with Gasteiger partial charge in [-0.2, -0.15) is 0 Å². The van der Waals surface area contributed by atoms with E-state index in [1.54, 1.807) is 0 Å². The average molecular weight is 226 g/mol. The van der Waals surface area contributed by atoms with Gasteiger partial charge in [0.25, 0.3) is 0 Å². The second-order valence-electron chi connectivity index (χ2n) is 5.90. The summed E-state index contributed by atoms with van der Waals surface area (Å²) in [5.74, 6) is 3.54. The summed E-state index contributed by atoms with van der Waals surface area (Å²) in [7, 11) is 0. The normalized spacial score (nSPS) is 22.9. The van der Waals surface area contributed by atoms with E-state index in [0.29, 0.717) is 5.92 Å². The van der Waals surface area contributed by atoms with E-state index in [1.165, 1.54) is 0 Å². The number of hydrogen-bond donors (Lipinski definition) is 0. The molecule has 2 unspecified atom stereocenters. The van der Waals surface area contributed by atoms with Crippen LogP contribution in [0.2, 0.25) is 0 Å². The molecule has 1 nitrogen and oxygen atoms in total. The standard InChI is InChI=1S/C16H18O/c1-5-11-7-6-8-12(9-11)15(17)13-10-14(13)16(2,3)4/h1,6-9,13-14H,10H2,2-4H3. The zero-order valence-corrected chi connectivity index (χ0v) is 10.7. The minimum Gasteiger partial charge on any atom is -0.294 e. The highest BCUT2D eigenvalue weighted by Crippen LogP contribution is 2.51. The minimum absolute atomic E-state index is 0.197. The number of ketones is 1. The molecule has 0 bridgehead atoms. The van der Waals surface area contributed by atoms with Gasteiger partial charge in [-0.25, -0.2) is 0 Å². The van der Waals surface area contributed by atoms with Crippen LogP contribution in [0.25, 0.3) is 0 Å². The van der Waals surface area contributed by atoms with Crippen LogP contribution in [0.15, 0.2) is 24.3 Å². The zero-order valence-electron chi connectivity index (χ0n) is 10.7. The Morgan fingerprint density at radius 3 is 2.65 bits per heavy atom. The van der Waals surface area contributed by atoms with E-state index in [1.807, 2.05) is 24.3 Å². The van der Waals surface area contributed by atoms with Gasteiger partial charge in [0.05, 0.1) is 0 Å². The van der Waals surface area contributed by atoms with Crippen molar-refractivity contribution in [3.05, 3.63) is 35.4 Å². The van der Waals surface area contributed by atoms with Gasteiger partial charge in [-0.3, -0.25) is 4.79 Å². The first-order chi connectivity index (χ1) is 7.93. The van der Waals surface area contributed by atoms with Crippen LogP contribution in [-0.4, -0.2) is 5.78 Å². The van der Waals surface area contributed by atoms with E-state index in [-0.39, 0.29) is 17.1 Å². The smallest absolute Gasteiger partial charge is 0.166 e. The highest BCUT2D eigenvalue weighted by molar-refractivity contribution is 6.00. The molecule has 88 valence electrons. The first kappa shape index (κ1) is 11.9. The Morgan fingerprint density at radius 2 is 2.12 bits per heavy atom. The predicted octanol–water partition coefficient (Wildman–Crippen LogP) is 3.53. The predicted molar refractivity (Wildman–Crippen MR) is 69.8 cm³/mol. The molecule has 2 atom stereocenters. The van der Waals surface area contributed by atoms with Crippen molar-refractivity contribution in [2.75, 3.05) is 0 Å². The second kappa shape index (κ2) is 4.04. The van der Waals surface area contributed by atoms with Gasteiger partial charge in [-0.15, -0.1) is 6.42 Å². The lowest BCUT2D eigenvalue weighted by atomic mass is 9.87. The highest BCUT2D eigenvalue weighted by Gasteiger charge is 2.49. The van der Waals surface area contributed by atoms with Crippen molar-refractivity contribution in [2.24, 2.45) is 17.3 Å². The SMILES string of the molecule is C#Cc1cccc(C(=O)C2CC2C(C)(C)C)c1. The summed E-state index contributed by atoms with van der Waals surface area (Å²) in [6.07, 6.45) is 6.36. The summed E-state index contributed by atoms with van der Waals surface area (Å²) in [5, 5.41) is 0. The largest absolute Gasteiger partial charge is 0.294 e. The topological polar surface area (TPSA) is 17.1 Å². The maximum Gasteiger partial charge on any atom is 0.166 e. The molecular formula is C16H18O. The Bertz CT molecular complexity index is 485. The van der Waals surface area contributed by atoms with E-state index in [2.05, 4.69) is 26.7 Å². The first-order valence-electron chi connectivity index (χ1n) is 6.04. The number of carbonyl (C=O) groups is 1. The van der Waals surface area contributed by atoms with Gasteiger partial charge in [0.1, 0.15) is 0 Å². The Hall–Kier alpha value is -1.55. The van der Waals surface area contributed by atoms with Crippen molar-refractivity contribution < 1.29 is 4.79 Å². The molecule has 1 saturated carbocycles. The third-order valence-electron chi connectivity index (χ3n) is 3.55. The molecule has 1 aromatic carbocycles. The maximum absolute atomic E-state index is 12.3. The molecule has 1 aliphatic carbocycles. The number of Topliss-reactive ketones (excluding diaryl/α,β-unsaturated/α-hetero) is 1. The third kappa shape index (κ3) is 2.42. The van der Waals surface area contributed by atoms with E-state index >= 15 is 0 Å². The molecule has 0 heterocycles. The molecule has 0 radical (unpaired) electrons. The van der Waals surface area contributed by atoms with Gasteiger partial charge in [0.2, 0.25) is 0 Å². The van der Waals surface area contributed by atoms with Gasteiger partial charge in [0.15, 0.2) is 5.78 Å². The summed E-state index contributed by atoms with van der Waals surface area (Å²) in [4.78, 5) is 12.3. The van der Waals surface area contributed by atoms with Gasteiger partial charge in [0, 0.05) is 17.0 Å². The molecule has 0 spiro atoms. The van der Waals surface area contributed by atoms with Gasteiger partial charge in [-0.05, 0) is 29.9 Å². The van der Waals surface area contributed by atoms with Crippen LogP contribution in [-0.2, 0) is 0 Å². The van der Waals surface area contributed by atoms with E-state index in [9.17, 15) is 4.79 Å². The van der Waals surface area contributed by atoms with Crippen molar-refractivity contribution in [2.45, 2.75) is 27.2 Å². The monoisotopic (exact) mass is 226 g/mol. The Kier molecular flexibility index (Phi) is 2.83. The summed E-state index contributed by atoms with van der Waals surface area (Å²) in [6, 6.07) is 7.39. The lowest BCUT2D eigenvalue weighted by molar-refractivity contribution is 0.0949. The van der Waals surface area contributed by atoms with Crippen molar-refractivity contribution in [3.63, 3.8) is 0 Å². The molecule has 1 fully saturated rings. The number of hydrogen-bond acceptors (Lipinski definition) is 1. The maximum atomic E-state index is 12.3. The van der Waals surface area contributed by atoms with Crippen LogP contribution in [0, 0.1) is 29.6 Å². The van der Waals surface area contributed by atoms with Crippen LogP contribution in [0.3, 0.4) is 0 Å². The van der Waals surface area contributed by atoms with E-state index in [4.69, 9.17) is 6.42 Å². The molecule has 0 aliphatic heterocycles. The molecular weight excluding hydrogens is 208 g/mol. The average Bonchev–Trinajstić information content (AvgIpc) is 3.07. The van der Waals surface area contributed by atoms with Crippen molar-refractivity contribution in [1.29, 1.82) is 0 Å². The minimum atomic E-state index is 0.197. The number of terminal acetylenes is 1. The second-order valence-corrected chi connectivity index (χ2v) is 5.90. The molecule has 2 rings (SSSR count). The molecule has 0 saturated heterocycles. The fraction of sp³-hybridized carbons (Fsp3) is 0.438. The molecule has 0 aromatic heterocycles. The molecule has 0 N–H and O–H groups in total. The molecule has 1 aromatic rings. The summed E-state index contributed by atoms with van der Waals surface area (Å²) >= 11 is 0. The molecule has 1 heteroatoms. The Labute approximate surface area is 103 Å². The number of carbonyl (C=O) groups excluding carboxylic acids is 1. The fourth-order valence-electron chi connectivity index (χ4n) is 2.42. The summed E-state index contributed by atoms with van der Waals surface area (Å²) < 4.78 is 0. The first-order valence-corrected chi connectivity index (χ1v) is 6.04. The number of rotatable bonds is 2. The number of benzene rings is 1. The lowest BCUT2D eigenvalue weighted by Gasteiger charge is -2.17. The summed E-state index contributed by atoms with van der Waals surface area (Å²) in [5.41, 5.74) is 1.77. The zero-order chi connectivity index (χ0) is 12.6. The van der Waals surface area contributed by atoms with Crippen LogP contribution >= 0.6 is 0 Å².